The lowest BCUT2D eigenvalue weighted by Crippen LogP contribution is -2.47. The molecule has 35 heavy (non-hydrogen) atoms. The Labute approximate surface area is 202 Å². The first-order valence-corrected chi connectivity index (χ1v) is 11.4. The molecule has 0 saturated heterocycles. The van der Waals surface area contributed by atoms with Crippen molar-refractivity contribution in [3.8, 4) is 0 Å². The smallest absolute Gasteiger partial charge is 0.326 e. The number of carboxylic acids is 1. The zero-order chi connectivity index (χ0) is 25.1. The number of anilines is 4. The summed E-state index contributed by atoms with van der Waals surface area (Å²) in [5.41, 5.74) is 0.639. The first-order valence-electron chi connectivity index (χ1n) is 11.4. The average molecular weight is 474 g/mol. The van der Waals surface area contributed by atoms with Crippen molar-refractivity contribution in [3.63, 3.8) is 0 Å². The molecule has 0 aliphatic heterocycles. The molecule has 2 heterocycles. The van der Waals surface area contributed by atoms with E-state index in [0.717, 1.165) is 22.0 Å². The molecule has 0 fully saturated rings. The minimum Gasteiger partial charge on any atom is -0.480 e. The highest BCUT2D eigenvalue weighted by Crippen LogP contribution is 2.25. The van der Waals surface area contributed by atoms with Crippen molar-refractivity contribution in [1.29, 1.82) is 0 Å². The molecule has 2 aromatic carbocycles. The third-order valence-electron chi connectivity index (χ3n) is 5.97. The second-order valence-electron chi connectivity index (χ2n) is 8.58. The Morgan fingerprint density at radius 2 is 1.80 bits per heavy atom. The number of aliphatic carboxylic acids is 1. The number of hydrogen-bond acceptors (Lipinski definition) is 8. The summed E-state index contributed by atoms with van der Waals surface area (Å²) in [5.74, 6) is -0.409. The number of carboxylic acid groups (broad SMARTS) is 1. The van der Waals surface area contributed by atoms with E-state index < -0.39 is 22.9 Å². The summed E-state index contributed by atoms with van der Waals surface area (Å²) >= 11 is 0. The normalized spacial score (nSPS) is 12.1. The number of nitrogens with zero attached hydrogens (tertiary/aromatic N) is 3. The van der Waals surface area contributed by atoms with Crippen LogP contribution in [0.25, 0.3) is 10.8 Å². The lowest BCUT2D eigenvalue weighted by Gasteiger charge is -2.31. The van der Waals surface area contributed by atoms with E-state index in [1.165, 1.54) is 0 Å². The van der Waals surface area contributed by atoms with Crippen LogP contribution >= 0.6 is 0 Å². The fourth-order valence-electron chi connectivity index (χ4n) is 4.16. The second-order valence-corrected chi connectivity index (χ2v) is 8.58. The summed E-state index contributed by atoms with van der Waals surface area (Å²) in [5, 5.41) is 17.8. The number of benzene rings is 1. The zero-order valence-corrected chi connectivity index (χ0v) is 19.8. The van der Waals surface area contributed by atoms with Gasteiger partial charge in [0.05, 0.1) is 0 Å². The molecule has 0 radical (unpaired) electrons. The molecule has 2 aromatic heterocycles. The van der Waals surface area contributed by atoms with E-state index in [9.17, 15) is 19.5 Å². The van der Waals surface area contributed by atoms with Gasteiger partial charge in [0.25, 0.3) is 10.9 Å². The van der Waals surface area contributed by atoms with Crippen LogP contribution in [-0.2, 0) is 11.2 Å². The first-order chi connectivity index (χ1) is 16.8. The van der Waals surface area contributed by atoms with Gasteiger partial charge in [-0.3, -0.25) is 14.6 Å². The molecular weight excluding hydrogens is 446 g/mol. The van der Waals surface area contributed by atoms with Gasteiger partial charge < -0.3 is 20.6 Å². The van der Waals surface area contributed by atoms with E-state index in [0.29, 0.717) is 12.4 Å². The van der Waals surface area contributed by atoms with Gasteiger partial charge in [-0.2, -0.15) is 0 Å². The highest BCUT2D eigenvalue weighted by molar-refractivity contribution is 5.92. The predicted octanol–water partition coefficient (Wildman–Crippen LogP) is 3.31. The summed E-state index contributed by atoms with van der Waals surface area (Å²) in [6.45, 7) is 6.25. The number of pyridine rings is 2. The van der Waals surface area contributed by atoms with E-state index in [1.54, 1.807) is 23.5 Å². The number of hydrogen-bond donors (Lipinski definition) is 3. The highest BCUT2D eigenvalue weighted by atomic mass is 16.4. The molecule has 0 aliphatic rings. The van der Waals surface area contributed by atoms with Gasteiger partial charge in [-0.25, -0.2) is 9.78 Å². The van der Waals surface area contributed by atoms with Gasteiger partial charge in [-0.1, -0.05) is 12.1 Å². The molecule has 0 spiro atoms. The van der Waals surface area contributed by atoms with Gasteiger partial charge in [-0.15, -0.1) is 0 Å². The lowest BCUT2D eigenvalue weighted by atomic mass is 10.0. The number of rotatable bonds is 10. The SMILES string of the molecule is CCN(c1c(NC(Cc2ccc(Nc3nccc4cnccc34)cc2)C(=O)O)c(=O)c1=O)C(C)C. The van der Waals surface area contributed by atoms with Crippen LogP contribution in [0.5, 0.6) is 0 Å². The molecule has 0 saturated carbocycles. The van der Waals surface area contributed by atoms with Crippen LogP contribution in [0.3, 0.4) is 0 Å². The average Bonchev–Trinajstić information content (AvgIpc) is 2.86. The van der Waals surface area contributed by atoms with Crippen LogP contribution in [0.2, 0.25) is 0 Å². The van der Waals surface area contributed by atoms with E-state index in [2.05, 4.69) is 20.6 Å². The lowest BCUT2D eigenvalue weighted by molar-refractivity contribution is -0.137. The second kappa shape index (κ2) is 9.92. The van der Waals surface area contributed by atoms with Crippen LogP contribution in [0.1, 0.15) is 26.3 Å². The summed E-state index contributed by atoms with van der Waals surface area (Å²) in [6.07, 6.45) is 5.32. The minimum atomic E-state index is -1.10. The number of aromatic nitrogens is 2. The first kappa shape index (κ1) is 23.9. The maximum absolute atomic E-state index is 12.2. The molecule has 180 valence electrons. The van der Waals surface area contributed by atoms with Gasteiger partial charge in [0.2, 0.25) is 0 Å². The monoisotopic (exact) mass is 473 g/mol. The largest absolute Gasteiger partial charge is 0.480 e. The standard InChI is InChI=1S/C26H27N5O4/c1-4-31(15(2)3)22-21(23(32)24(22)33)30-20(26(34)35)13-16-5-7-18(8-6-16)29-25-19-10-11-27-14-17(19)9-12-28-25/h5-12,14-15,20,30H,4,13H2,1-3H3,(H,28,29)(H,34,35). The topological polar surface area (TPSA) is 125 Å². The van der Waals surface area contributed by atoms with Crippen LogP contribution in [0.4, 0.5) is 22.9 Å². The Balaban J connectivity index is 1.50. The maximum atomic E-state index is 12.2. The van der Waals surface area contributed by atoms with Crippen LogP contribution < -0.4 is 26.4 Å². The zero-order valence-electron chi connectivity index (χ0n) is 19.8. The Morgan fingerprint density at radius 1 is 1.06 bits per heavy atom. The van der Waals surface area contributed by atoms with Crippen molar-refractivity contribution in [1.82, 2.24) is 9.97 Å². The summed E-state index contributed by atoms with van der Waals surface area (Å²) in [6, 6.07) is 10.0. The third-order valence-corrected chi connectivity index (χ3v) is 5.97. The van der Waals surface area contributed by atoms with Crippen LogP contribution in [0.15, 0.2) is 64.6 Å². The summed E-state index contributed by atoms with van der Waals surface area (Å²) in [7, 11) is 0. The third kappa shape index (κ3) is 4.84. The highest BCUT2D eigenvalue weighted by Gasteiger charge is 2.30. The van der Waals surface area contributed by atoms with Crippen molar-refractivity contribution in [2.24, 2.45) is 0 Å². The molecule has 0 aliphatic carbocycles. The van der Waals surface area contributed by atoms with Crippen LogP contribution in [-0.4, -0.2) is 39.7 Å². The Bertz CT molecular complexity index is 1420. The molecule has 4 rings (SSSR count). The van der Waals surface area contributed by atoms with E-state index in [-0.39, 0.29) is 23.8 Å². The van der Waals surface area contributed by atoms with Gasteiger partial charge in [0.15, 0.2) is 0 Å². The molecule has 1 atom stereocenters. The van der Waals surface area contributed by atoms with E-state index in [1.807, 2.05) is 57.2 Å². The summed E-state index contributed by atoms with van der Waals surface area (Å²) < 4.78 is 0. The Morgan fingerprint density at radius 3 is 2.46 bits per heavy atom. The molecule has 4 aromatic rings. The minimum absolute atomic E-state index is 0.000315. The molecule has 9 heteroatoms. The molecule has 9 nitrogen and oxygen atoms in total. The number of fused-ring (bicyclic) bond motifs is 1. The number of nitrogens with one attached hydrogen (secondary N) is 2. The van der Waals surface area contributed by atoms with Gasteiger partial charge in [0.1, 0.15) is 23.2 Å². The Hall–Kier alpha value is -4.27. The van der Waals surface area contributed by atoms with Gasteiger partial charge >= 0.3 is 5.97 Å². The quantitative estimate of drug-likeness (QED) is 0.298. The maximum Gasteiger partial charge on any atom is 0.326 e. The predicted molar refractivity (Wildman–Crippen MR) is 138 cm³/mol. The van der Waals surface area contributed by atoms with Crippen molar-refractivity contribution < 1.29 is 9.90 Å². The van der Waals surface area contributed by atoms with Crippen molar-refractivity contribution in [2.45, 2.75) is 39.3 Å². The van der Waals surface area contributed by atoms with Gasteiger partial charge in [-0.05, 0) is 50.6 Å². The molecule has 3 N–H and O–H groups in total. The number of carbonyl (C=O) groups is 1. The molecule has 1 unspecified atom stereocenters. The Kier molecular flexibility index (Phi) is 6.77. The molecular formula is C26H27N5O4. The van der Waals surface area contributed by atoms with Crippen LogP contribution in [0, 0.1) is 0 Å². The van der Waals surface area contributed by atoms with Crippen molar-refractivity contribution >= 4 is 39.6 Å². The molecule has 0 bridgehead atoms. The van der Waals surface area contributed by atoms with E-state index >= 15 is 0 Å². The van der Waals surface area contributed by atoms with E-state index in [4.69, 9.17) is 0 Å². The molecule has 0 amide bonds. The fourth-order valence-corrected chi connectivity index (χ4v) is 4.16. The van der Waals surface area contributed by atoms with Gasteiger partial charge in [0, 0.05) is 54.1 Å². The van der Waals surface area contributed by atoms with Crippen molar-refractivity contribution in [3.05, 3.63) is 81.0 Å². The van der Waals surface area contributed by atoms with Crippen molar-refractivity contribution in [2.75, 3.05) is 22.1 Å². The summed E-state index contributed by atoms with van der Waals surface area (Å²) in [4.78, 5) is 46.7. The fraction of sp³-hybridized carbons (Fsp3) is 0.269.